The molecule has 0 bridgehead atoms. The molecule has 10 aromatic carbocycles. The number of ether oxygens (including phenoxy) is 1. The zero-order chi connectivity index (χ0) is 69.8. The zero-order valence-corrected chi connectivity index (χ0v) is 58.0. The molecule has 0 radical (unpaired) electrons. The topological polar surface area (TPSA) is 235 Å². The van der Waals surface area contributed by atoms with Gasteiger partial charge in [-0.05, 0) is 239 Å². The number of carbonyl (C=O) groups excluding carboxylic acids is 3. The lowest BCUT2D eigenvalue weighted by atomic mass is 9.93. The molecule has 12 nitrogen and oxygen atoms in total. The van der Waals surface area contributed by atoms with Gasteiger partial charge in [0.05, 0.1) is 17.2 Å². The van der Waals surface area contributed by atoms with Crippen LogP contribution in [-0.4, -0.2) is 66.2 Å². The highest BCUT2D eigenvalue weighted by Gasteiger charge is 2.37. The fourth-order valence-electron chi connectivity index (χ4n) is 11.0. The summed E-state index contributed by atoms with van der Waals surface area (Å²) in [5.41, 5.74) is 33.8. The first-order chi connectivity index (χ1) is 46.6. The van der Waals surface area contributed by atoms with E-state index < -0.39 is 29.6 Å². The number of amides is 3. The van der Waals surface area contributed by atoms with Crippen LogP contribution in [0, 0.1) is 34.9 Å². The lowest BCUT2D eigenvalue weighted by Gasteiger charge is -2.26. The molecule has 15 N–H and O–H groups in total. The molecule has 1 aliphatic rings. The first-order valence-corrected chi connectivity index (χ1v) is 31.9. The largest absolute Gasteiger partial charge is 1.00 e. The highest BCUT2D eigenvalue weighted by Crippen LogP contribution is 2.34. The number of hydrogen-bond acceptors (Lipinski definition) is 8. The first kappa shape index (κ1) is 81.5. The summed E-state index contributed by atoms with van der Waals surface area (Å²) in [5, 5.41) is 2.85. The number of quaternary nitrogens is 2. The molecule has 10 aromatic rings. The Morgan fingerprint density at radius 2 is 0.730 bits per heavy atom. The summed E-state index contributed by atoms with van der Waals surface area (Å²) in [6, 6.07) is 62.9. The van der Waals surface area contributed by atoms with Crippen LogP contribution in [0.2, 0.25) is 0 Å². The second-order valence-corrected chi connectivity index (χ2v) is 24.7. The Morgan fingerprint density at radius 3 is 0.990 bits per heavy atom. The van der Waals surface area contributed by atoms with E-state index in [0.717, 1.165) is 115 Å². The molecule has 100 heavy (non-hydrogen) atoms. The third-order valence-corrected chi connectivity index (χ3v) is 16.2. The maximum absolute atomic E-state index is 13.7. The number of nitrogens with one attached hydrogen (secondary N) is 1. The van der Waals surface area contributed by atoms with Crippen molar-refractivity contribution >= 4 is 30.3 Å². The Hall–Kier alpha value is -9.18. The molecule has 0 unspecified atom stereocenters. The highest BCUT2D eigenvalue weighted by molar-refractivity contribution is 6.21. The van der Waals surface area contributed by atoms with Crippen molar-refractivity contribution in [2.75, 3.05) is 19.6 Å². The van der Waals surface area contributed by atoms with Gasteiger partial charge in [0.15, 0.2) is 0 Å². The van der Waals surface area contributed by atoms with E-state index in [2.05, 4.69) is 58.8 Å². The minimum atomic E-state index is -0.738. The predicted molar refractivity (Wildman–Crippen MR) is 379 cm³/mol. The fourth-order valence-corrected chi connectivity index (χ4v) is 11.0. The average molecular weight is 1430 g/mol. The number of aryl methyl sites for hydroxylation is 3. The summed E-state index contributed by atoms with van der Waals surface area (Å²) in [6.07, 6.45) is 3.62. The summed E-state index contributed by atoms with van der Waals surface area (Å²) in [6.45, 7) is 6.48. The summed E-state index contributed by atoms with van der Waals surface area (Å²) in [7, 11) is 0. The van der Waals surface area contributed by atoms with Crippen molar-refractivity contribution in [2.24, 2.45) is 23.2 Å². The van der Waals surface area contributed by atoms with Crippen molar-refractivity contribution < 1.29 is 81.7 Å². The smallest absolute Gasteiger partial charge is 0.407 e. The monoisotopic (exact) mass is 1430 g/mol. The van der Waals surface area contributed by atoms with E-state index >= 15 is 0 Å². The predicted octanol–water partition coefficient (Wildman–Crippen LogP) is 8.27. The lowest BCUT2D eigenvalue weighted by Crippen LogP contribution is -3.00. The summed E-state index contributed by atoms with van der Waals surface area (Å²) in [4.78, 5) is 40.1. The number of halogens is 9. The number of imide groups is 1. The number of alkyl carbamates (subject to hydrolysis) is 1. The molecule has 0 aliphatic carbocycles. The maximum atomic E-state index is 13.7. The lowest BCUT2D eigenvalue weighted by molar-refractivity contribution is -0.494. The number of carbonyl (C=O) groups is 3. The van der Waals surface area contributed by atoms with Crippen molar-refractivity contribution in [1.82, 2.24) is 10.2 Å². The average Bonchev–Trinajstić information content (AvgIpc) is 1.63. The molecule has 0 spiro atoms. The van der Waals surface area contributed by atoms with E-state index in [-0.39, 0.29) is 84.7 Å². The number of nitrogens with zero attached hydrogens (tertiary/aromatic N) is 1. The van der Waals surface area contributed by atoms with E-state index in [9.17, 15) is 40.7 Å². The molecule has 11 rings (SSSR count). The molecule has 3 amide bonds. The third kappa shape index (κ3) is 23.8. The van der Waals surface area contributed by atoms with Crippen LogP contribution in [0.4, 0.5) is 31.1 Å². The molecule has 0 saturated carbocycles. The summed E-state index contributed by atoms with van der Waals surface area (Å²) >= 11 is 0. The van der Waals surface area contributed by atoms with Crippen LogP contribution >= 0.6 is 12.4 Å². The second-order valence-electron chi connectivity index (χ2n) is 24.7. The molecule has 1 aliphatic heterocycles. The van der Waals surface area contributed by atoms with Gasteiger partial charge in [-0.25, -0.2) is 31.1 Å². The summed E-state index contributed by atoms with van der Waals surface area (Å²) < 4.78 is 85.8. The third-order valence-electron chi connectivity index (χ3n) is 16.2. The highest BCUT2D eigenvalue weighted by atomic mass is 35.5. The van der Waals surface area contributed by atoms with Gasteiger partial charge in [-0.2, -0.15) is 0 Å². The van der Waals surface area contributed by atoms with Gasteiger partial charge in [0.2, 0.25) is 0 Å². The van der Waals surface area contributed by atoms with E-state index in [1.165, 1.54) is 78.4 Å². The molecular formula is C79H83Cl3F6N8O4. The number of benzene rings is 10. The number of hydrazine groups is 1. The quantitative estimate of drug-likeness (QED) is 0.0169. The van der Waals surface area contributed by atoms with Gasteiger partial charge in [0.1, 0.15) is 53.1 Å². The van der Waals surface area contributed by atoms with Gasteiger partial charge in [-0.15, -0.1) is 12.4 Å². The maximum Gasteiger partial charge on any atom is 0.407 e. The minimum absolute atomic E-state index is 0. The van der Waals surface area contributed by atoms with E-state index in [4.69, 9.17) is 16.2 Å². The van der Waals surface area contributed by atoms with E-state index in [1.807, 2.05) is 24.3 Å². The SMILES string of the molecule is CC(C)(C)OC(=O)N[C@H](CCc1cc(-c2ccc(F)cc2)cc(-c2ccc(F)cc2)c1)CN1C(=O)c2ccccc2C1=O.Cl.NC[C@H](N)CCc1cc(-c2ccc(F)cc2)cc(-c2ccc(F)cc2)c1.NN.[Cl-].[Cl-].[NH3+]C[C@H]([NH3+])CCc1cc(-c2ccc(F)cc2)cc(-c2ccc(F)cc2)c1. The molecule has 1 heterocycles. The molecular weight excluding hydrogens is 1350 g/mol. The Labute approximate surface area is 598 Å². The number of rotatable bonds is 20. The Morgan fingerprint density at radius 1 is 0.460 bits per heavy atom. The zero-order valence-electron chi connectivity index (χ0n) is 55.7. The van der Waals surface area contributed by atoms with Crippen LogP contribution in [-0.2, 0) is 24.0 Å². The van der Waals surface area contributed by atoms with Gasteiger partial charge in [-0.3, -0.25) is 26.2 Å². The first-order valence-electron chi connectivity index (χ1n) is 31.9. The van der Waals surface area contributed by atoms with Crippen LogP contribution in [0.25, 0.3) is 66.8 Å². The van der Waals surface area contributed by atoms with Gasteiger partial charge in [-0.1, -0.05) is 121 Å². The fraction of sp³-hybridized carbons (Fsp3) is 0.203. The van der Waals surface area contributed by atoms with E-state index in [1.54, 1.807) is 118 Å². The van der Waals surface area contributed by atoms with Crippen LogP contribution in [0.15, 0.2) is 224 Å². The molecule has 526 valence electrons. The second kappa shape index (κ2) is 39.0. The van der Waals surface area contributed by atoms with Crippen molar-refractivity contribution in [3.05, 3.63) is 287 Å². The Bertz CT molecular complexity index is 3880. The van der Waals surface area contributed by atoms with Gasteiger partial charge in [0.25, 0.3) is 11.8 Å². The van der Waals surface area contributed by atoms with Crippen LogP contribution in [0.1, 0.15) is 77.4 Å². The van der Waals surface area contributed by atoms with Crippen LogP contribution < -0.4 is 64.8 Å². The van der Waals surface area contributed by atoms with Crippen molar-refractivity contribution in [3.8, 4) is 66.8 Å². The standard InChI is InChI=1S/C35H32F2N2O4.2C22H22F2N2.3ClH.H4N2/c1-35(2,3)43-34(42)38-29(21-39-32(40)30-6-4-5-7-31(30)33(39)41)17-8-22-18-25(23-9-13-27(36)14-10-23)20-26(19-22)24-11-15-28(37)16-12-24;2*23-20-6-2-16(3-7-20)18-11-15(1-10-22(26)14-25)12-19(13-18)17-4-8-21(24)9-5-17;;;;1-2/h4-7,9-16,18-20,29H,8,17,21H2,1-3H3,(H,38,42);2*2-9,11-13,22H,1,10,14,25-26H2;3*1H;1-2H2/t29-;2*22-;;;;/m111..../s1. The molecule has 3 atom stereocenters. The van der Waals surface area contributed by atoms with Crippen molar-refractivity contribution in [1.29, 1.82) is 0 Å². The molecule has 0 aromatic heterocycles. The van der Waals surface area contributed by atoms with Crippen LogP contribution in [0.5, 0.6) is 0 Å². The molecule has 0 fully saturated rings. The Balaban J connectivity index is 0.000000276. The molecule has 0 saturated heterocycles. The van der Waals surface area contributed by atoms with Crippen molar-refractivity contribution in [3.63, 3.8) is 0 Å². The molecule has 21 heteroatoms. The van der Waals surface area contributed by atoms with Gasteiger partial charge < -0.3 is 57.8 Å². The van der Waals surface area contributed by atoms with Crippen LogP contribution in [0.3, 0.4) is 0 Å². The number of nitrogens with two attached hydrogens (primary N) is 4. The minimum Gasteiger partial charge on any atom is -1.00 e. The summed E-state index contributed by atoms with van der Waals surface area (Å²) in [5.74, 6) is 5.46. The number of fused-ring (bicyclic) bond motifs is 1. The normalized spacial score (nSPS) is 12.2. The van der Waals surface area contributed by atoms with Crippen molar-refractivity contribution in [2.45, 2.75) is 83.0 Å². The number of hydrogen-bond donors (Lipinski definition) is 7. The van der Waals surface area contributed by atoms with E-state index in [0.29, 0.717) is 36.6 Å². The van der Waals surface area contributed by atoms with Gasteiger partial charge >= 0.3 is 6.09 Å². The van der Waals surface area contributed by atoms with Gasteiger partial charge in [0, 0.05) is 25.6 Å². The Kier molecular flexibility index (Phi) is 31.8.